The lowest BCUT2D eigenvalue weighted by atomic mass is 10.4. The Morgan fingerprint density at radius 2 is 0.846 bits per heavy atom. The molecule has 0 rings (SSSR count). The van der Waals surface area contributed by atoms with Crippen LogP contribution in [0.3, 0.4) is 0 Å². The molecule has 0 fully saturated rings. The molecule has 0 saturated heterocycles. The molecule has 0 saturated carbocycles. The van der Waals surface area contributed by atoms with E-state index < -0.39 is 20.8 Å². The summed E-state index contributed by atoms with van der Waals surface area (Å²) in [5, 5.41) is 0. The lowest BCUT2D eigenvalue weighted by molar-refractivity contribution is 0.157. The molecular formula is C17H37FO6P2. The average molecular weight is 418 g/mol. The van der Waals surface area contributed by atoms with Crippen molar-refractivity contribution in [1.29, 1.82) is 0 Å². The molecule has 9 heteroatoms. The summed E-state index contributed by atoms with van der Waals surface area (Å²) >= 11 is 0. The molecule has 0 aliphatic rings. The van der Waals surface area contributed by atoms with Crippen molar-refractivity contribution in [2.45, 2.75) is 84.7 Å². The summed E-state index contributed by atoms with van der Waals surface area (Å²) < 4.78 is 62.3. The Bertz CT molecular complexity index is 369. The predicted octanol–water partition coefficient (Wildman–Crippen LogP) is 6.89. The third-order valence-electron chi connectivity index (χ3n) is 3.60. The molecule has 6 nitrogen and oxygen atoms in total. The van der Waals surface area contributed by atoms with Gasteiger partial charge in [-0.15, -0.1) is 0 Å². The van der Waals surface area contributed by atoms with Gasteiger partial charge in [-0.2, -0.15) is 0 Å². The highest BCUT2D eigenvalue weighted by Crippen LogP contribution is 2.71. The molecule has 0 amide bonds. The van der Waals surface area contributed by atoms with Gasteiger partial charge in [-0.05, 0) is 25.7 Å². The third kappa shape index (κ3) is 9.96. The van der Waals surface area contributed by atoms with Gasteiger partial charge in [0.25, 0.3) is 0 Å². The number of hydrogen-bond acceptors (Lipinski definition) is 6. The second-order valence-electron chi connectivity index (χ2n) is 6.14. The molecule has 0 bridgehead atoms. The summed E-state index contributed by atoms with van der Waals surface area (Å²) in [4.78, 5) is 0. The molecule has 0 aliphatic carbocycles. The number of unbranched alkanes of at least 4 members (excludes halogenated alkanes) is 4. The number of rotatable bonds is 18. The van der Waals surface area contributed by atoms with Gasteiger partial charge in [0.1, 0.15) is 0 Å². The lowest BCUT2D eigenvalue weighted by Gasteiger charge is -2.27. The largest absolute Gasteiger partial charge is 0.377 e. The fraction of sp³-hybridized carbons (Fsp3) is 1.00. The molecule has 0 spiro atoms. The molecule has 0 aliphatic heterocycles. The molecule has 0 N–H and O–H groups in total. The maximum atomic E-state index is 15.2. The van der Waals surface area contributed by atoms with E-state index in [9.17, 15) is 9.13 Å². The average Bonchev–Trinajstić information content (AvgIpc) is 2.62. The van der Waals surface area contributed by atoms with E-state index in [4.69, 9.17) is 18.1 Å². The summed E-state index contributed by atoms with van der Waals surface area (Å²) in [6.07, 6.45) is 5.59. The monoisotopic (exact) mass is 418 g/mol. The number of alkyl halides is 1. The molecule has 0 radical (unpaired) electrons. The van der Waals surface area contributed by atoms with Crippen LogP contribution in [0.4, 0.5) is 4.39 Å². The van der Waals surface area contributed by atoms with E-state index in [1.165, 1.54) is 0 Å². The quantitative estimate of drug-likeness (QED) is 0.178. The van der Waals surface area contributed by atoms with E-state index in [-0.39, 0.29) is 26.4 Å². The van der Waals surface area contributed by atoms with Crippen LogP contribution in [-0.4, -0.2) is 32.1 Å². The first-order valence-electron chi connectivity index (χ1n) is 9.81. The minimum absolute atomic E-state index is 0.0737. The van der Waals surface area contributed by atoms with Gasteiger partial charge in [0.2, 0.25) is 0 Å². The van der Waals surface area contributed by atoms with Crippen LogP contribution in [0, 0.1) is 0 Å². The first-order chi connectivity index (χ1) is 12.4. The van der Waals surface area contributed by atoms with Crippen molar-refractivity contribution in [2.24, 2.45) is 0 Å². The molecule has 26 heavy (non-hydrogen) atoms. The predicted molar refractivity (Wildman–Crippen MR) is 104 cm³/mol. The Morgan fingerprint density at radius 1 is 0.615 bits per heavy atom. The van der Waals surface area contributed by atoms with Gasteiger partial charge in [0.05, 0.1) is 26.4 Å². The Hall–Kier alpha value is 0.230. The van der Waals surface area contributed by atoms with Crippen LogP contribution >= 0.6 is 15.2 Å². The Morgan fingerprint density at radius 3 is 1.04 bits per heavy atom. The molecule has 0 aromatic heterocycles. The Kier molecular flexibility index (Phi) is 15.3. The van der Waals surface area contributed by atoms with E-state index >= 15 is 4.39 Å². The first-order valence-corrected chi connectivity index (χ1v) is 13.0. The van der Waals surface area contributed by atoms with Gasteiger partial charge in [-0.3, -0.25) is 9.13 Å². The maximum absolute atomic E-state index is 15.2. The van der Waals surface area contributed by atoms with Crippen molar-refractivity contribution in [2.75, 3.05) is 26.4 Å². The van der Waals surface area contributed by atoms with Gasteiger partial charge in [-0.25, -0.2) is 4.39 Å². The molecule has 0 unspecified atom stereocenters. The minimum atomic E-state index is -4.27. The normalized spacial score (nSPS) is 12.8. The van der Waals surface area contributed by atoms with Crippen LogP contribution in [-0.2, 0) is 27.2 Å². The number of halogens is 1. The summed E-state index contributed by atoms with van der Waals surface area (Å²) in [5.41, 5.74) is -2.43. The summed E-state index contributed by atoms with van der Waals surface area (Å²) in [5.74, 6) is 0. The second kappa shape index (κ2) is 15.2. The molecule has 158 valence electrons. The van der Waals surface area contributed by atoms with Gasteiger partial charge in [-0.1, -0.05) is 53.4 Å². The topological polar surface area (TPSA) is 71.1 Å². The van der Waals surface area contributed by atoms with Crippen molar-refractivity contribution in [3.63, 3.8) is 0 Å². The zero-order chi connectivity index (χ0) is 19.9. The summed E-state index contributed by atoms with van der Waals surface area (Å²) in [7, 11) is -8.54. The Balaban J connectivity index is 5.28. The highest BCUT2D eigenvalue weighted by atomic mass is 31.2. The van der Waals surface area contributed by atoms with Crippen LogP contribution in [0.1, 0.15) is 79.1 Å². The smallest absolute Gasteiger partial charge is 0.306 e. The highest BCUT2D eigenvalue weighted by Gasteiger charge is 2.52. The summed E-state index contributed by atoms with van der Waals surface area (Å²) in [6.45, 7) is 8.04. The first kappa shape index (κ1) is 26.2. The fourth-order valence-corrected chi connectivity index (χ4v) is 6.20. The van der Waals surface area contributed by atoms with E-state index in [0.29, 0.717) is 25.7 Å². The molecule has 0 aromatic rings. The van der Waals surface area contributed by atoms with Crippen molar-refractivity contribution in [1.82, 2.24) is 0 Å². The lowest BCUT2D eigenvalue weighted by Crippen LogP contribution is -2.15. The van der Waals surface area contributed by atoms with Crippen LogP contribution in [0.25, 0.3) is 0 Å². The highest BCUT2D eigenvalue weighted by molar-refractivity contribution is 7.72. The van der Waals surface area contributed by atoms with Crippen molar-refractivity contribution in [3.05, 3.63) is 0 Å². The van der Waals surface area contributed by atoms with Gasteiger partial charge >= 0.3 is 20.8 Å². The van der Waals surface area contributed by atoms with Crippen molar-refractivity contribution >= 4 is 15.2 Å². The molecule has 0 aromatic carbocycles. The third-order valence-corrected chi connectivity index (χ3v) is 8.51. The SMILES string of the molecule is CCCCOP(=O)(OCCCC)C(F)P(=O)(OCCCC)OCCCC. The standard InChI is InChI=1S/C17H37FO6P2/c1-5-9-13-21-25(19,22-14-10-6-2)17(18)26(20,23-15-11-7-3)24-16-12-8-4/h17H,5-16H2,1-4H3. The van der Waals surface area contributed by atoms with Crippen LogP contribution in [0.2, 0.25) is 0 Å². The zero-order valence-corrected chi connectivity index (χ0v) is 18.6. The summed E-state index contributed by atoms with van der Waals surface area (Å²) in [6, 6.07) is 0. The molecule has 0 heterocycles. The van der Waals surface area contributed by atoms with Gasteiger partial charge in [0, 0.05) is 0 Å². The van der Waals surface area contributed by atoms with Crippen molar-refractivity contribution < 1.29 is 31.6 Å². The van der Waals surface area contributed by atoms with E-state index in [2.05, 4.69) is 0 Å². The maximum Gasteiger partial charge on any atom is 0.377 e. The van der Waals surface area contributed by atoms with Gasteiger partial charge < -0.3 is 18.1 Å². The van der Waals surface area contributed by atoms with Crippen LogP contribution in [0.15, 0.2) is 0 Å². The minimum Gasteiger partial charge on any atom is -0.306 e. The molecule has 0 atom stereocenters. The van der Waals surface area contributed by atoms with Crippen LogP contribution in [0.5, 0.6) is 0 Å². The fourth-order valence-electron chi connectivity index (χ4n) is 1.84. The Labute approximate surface area is 158 Å². The number of hydrogen-bond donors (Lipinski definition) is 0. The van der Waals surface area contributed by atoms with E-state index in [0.717, 1.165) is 25.7 Å². The van der Waals surface area contributed by atoms with Crippen molar-refractivity contribution in [3.8, 4) is 0 Å². The second-order valence-corrected chi connectivity index (χ2v) is 10.6. The van der Waals surface area contributed by atoms with E-state index in [1.807, 2.05) is 27.7 Å². The molecular weight excluding hydrogens is 381 g/mol. The van der Waals surface area contributed by atoms with Gasteiger partial charge in [0.15, 0.2) is 0 Å². The van der Waals surface area contributed by atoms with Crippen LogP contribution < -0.4 is 0 Å². The van der Waals surface area contributed by atoms with E-state index in [1.54, 1.807) is 0 Å². The zero-order valence-electron chi connectivity index (χ0n) is 16.8.